The van der Waals surface area contributed by atoms with Crippen molar-refractivity contribution in [1.29, 1.82) is 0 Å². The Morgan fingerprint density at radius 1 is 0.929 bits per heavy atom. The highest BCUT2D eigenvalue weighted by atomic mass is 16.6. The maximum absolute atomic E-state index is 12.6. The molecule has 0 amide bonds. The van der Waals surface area contributed by atoms with E-state index in [2.05, 4.69) is 29.0 Å². The smallest absolute Gasteiger partial charge is 0.271 e. The van der Waals surface area contributed by atoms with Crippen LogP contribution in [0.3, 0.4) is 0 Å². The molecule has 1 N–H and O–H groups in total. The number of benzene rings is 3. The Kier molecular flexibility index (Phi) is 7.28. The topological polar surface area (TPSA) is 104 Å². The zero-order chi connectivity index (χ0) is 29.4. The number of likely N-dealkylation sites (tertiary alicyclic amines) is 1. The first kappa shape index (κ1) is 27.7. The normalized spacial score (nSPS) is 17.6. The molecule has 3 heterocycles. The molecule has 216 valence electrons. The Bertz CT molecular complexity index is 1660. The Hall–Kier alpha value is -4.50. The molecule has 6 rings (SSSR count). The third-order valence-electron chi connectivity index (χ3n) is 9.06. The molecule has 0 bridgehead atoms. The monoisotopic (exact) mass is 565 g/mol. The van der Waals surface area contributed by atoms with Gasteiger partial charge in [-0.3, -0.25) is 14.9 Å². The summed E-state index contributed by atoms with van der Waals surface area (Å²) >= 11 is 0. The fourth-order valence-corrected chi connectivity index (χ4v) is 6.49. The minimum atomic E-state index is -0.517. The van der Waals surface area contributed by atoms with Gasteiger partial charge in [0.2, 0.25) is 11.8 Å². The van der Waals surface area contributed by atoms with E-state index in [1.165, 1.54) is 63.5 Å². The van der Waals surface area contributed by atoms with Crippen LogP contribution in [0, 0.1) is 15.5 Å². The predicted octanol–water partition coefficient (Wildman–Crippen LogP) is 6.40. The van der Waals surface area contributed by atoms with Crippen molar-refractivity contribution < 1.29 is 14.8 Å². The van der Waals surface area contributed by atoms with Crippen molar-refractivity contribution in [2.75, 3.05) is 38.1 Å². The molecular formula is C33H35N5O4. The molecular weight excluding hydrogens is 530 g/mol. The number of nitro groups is 1. The Morgan fingerprint density at radius 3 is 2.19 bits per heavy atom. The molecule has 1 spiro atoms. The van der Waals surface area contributed by atoms with Gasteiger partial charge in [0.1, 0.15) is 0 Å². The number of hydrogen-bond donors (Lipinski definition) is 1. The summed E-state index contributed by atoms with van der Waals surface area (Å²) in [5, 5.41) is 23.3. The molecule has 2 saturated heterocycles. The molecule has 4 aromatic rings. The highest BCUT2D eigenvalue weighted by Crippen LogP contribution is 2.42. The lowest BCUT2D eigenvalue weighted by atomic mass is 9.71. The van der Waals surface area contributed by atoms with E-state index in [0.717, 1.165) is 23.2 Å². The molecule has 2 fully saturated rings. The lowest BCUT2D eigenvalue weighted by molar-refractivity contribution is -0.384. The number of aliphatic imine (C=N–C) groups is 1. The fourth-order valence-electron chi connectivity index (χ4n) is 6.49. The molecule has 0 aliphatic carbocycles. The number of aromatic hydroxyl groups is 1. The summed E-state index contributed by atoms with van der Waals surface area (Å²) in [7, 11) is 2.21. The van der Waals surface area contributed by atoms with Crippen LogP contribution in [-0.2, 0) is 0 Å². The van der Waals surface area contributed by atoms with Gasteiger partial charge in [-0.2, -0.15) is 0 Å². The van der Waals surface area contributed by atoms with Crippen molar-refractivity contribution in [3.8, 4) is 5.88 Å². The number of fused-ring (bicyclic) bond motifs is 1. The summed E-state index contributed by atoms with van der Waals surface area (Å²) in [6.07, 6.45) is 5.01. The van der Waals surface area contributed by atoms with Crippen molar-refractivity contribution in [1.82, 2.24) is 9.47 Å². The number of nitro benzene ring substituents is 1. The molecule has 0 saturated carbocycles. The van der Waals surface area contributed by atoms with Crippen LogP contribution in [0.2, 0.25) is 0 Å². The van der Waals surface area contributed by atoms with Gasteiger partial charge in [-0.1, -0.05) is 30.3 Å². The molecule has 9 heteroatoms. The summed E-state index contributed by atoms with van der Waals surface area (Å²) in [5.41, 5.74) is 4.02. The van der Waals surface area contributed by atoms with Gasteiger partial charge in [0, 0.05) is 48.8 Å². The van der Waals surface area contributed by atoms with E-state index in [1.54, 1.807) is 6.07 Å². The number of carbonyl (C=O) groups is 1. The number of anilines is 1. The molecule has 2 aliphatic rings. The fraction of sp³-hybridized carbons (Fsp3) is 0.333. The van der Waals surface area contributed by atoms with E-state index in [4.69, 9.17) is 4.99 Å². The van der Waals surface area contributed by atoms with Crippen molar-refractivity contribution in [2.45, 2.75) is 32.6 Å². The number of piperidine rings is 2. The first-order valence-corrected chi connectivity index (χ1v) is 14.5. The van der Waals surface area contributed by atoms with Crippen LogP contribution >= 0.6 is 0 Å². The highest BCUT2D eigenvalue weighted by molar-refractivity contribution is 6.23. The van der Waals surface area contributed by atoms with Crippen LogP contribution in [0.1, 0.15) is 48.5 Å². The van der Waals surface area contributed by atoms with Gasteiger partial charge in [-0.25, -0.2) is 9.56 Å². The number of nitrogens with zero attached hydrogens (tertiary/aromatic N) is 5. The van der Waals surface area contributed by atoms with E-state index in [9.17, 15) is 20.0 Å². The van der Waals surface area contributed by atoms with E-state index in [1.807, 2.05) is 42.5 Å². The van der Waals surface area contributed by atoms with Crippen molar-refractivity contribution in [3.63, 3.8) is 0 Å². The SMILES string of the molecule is CC(=O)n1c(O)c(C(=Nc2ccc(N3CCC4(CCN(C)CC4)CC3)cc2)c2ccccc2)c2ccc([N+](=O)[O-])cc21. The summed E-state index contributed by atoms with van der Waals surface area (Å²) < 4.78 is 1.10. The summed E-state index contributed by atoms with van der Waals surface area (Å²) in [6.45, 7) is 5.79. The molecule has 0 atom stereocenters. The first-order chi connectivity index (χ1) is 20.2. The molecule has 2 aliphatic heterocycles. The standard InChI is InChI=1S/C33H35N5O4/c1-23(39)37-29-22-27(38(41)42)12-13-28(29)30(32(37)40)31(24-6-4-3-5-7-24)34-25-8-10-26(11-9-25)36-20-16-33(17-21-36)14-18-35(2)19-15-33/h3-13,22,40H,14-21H2,1-2H3. The second-order valence-electron chi connectivity index (χ2n) is 11.6. The lowest BCUT2D eigenvalue weighted by Crippen LogP contribution is -2.46. The van der Waals surface area contributed by atoms with Gasteiger partial charge in [0.05, 0.1) is 27.4 Å². The van der Waals surface area contributed by atoms with Gasteiger partial charge in [0.15, 0.2) is 0 Å². The molecule has 0 unspecified atom stereocenters. The van der Waals surface area contributed by atoms with E-state index >= 15 is 0 Å². The van der Waals surface area contributed by atoms with Crippen molar-refractivity contribution in [3.05, 3.63) is 94.0 Å². The minimum absolute atomic E-state index is 0.165. The Labute approximate surface area is 244 Å². The maximum Gasteiger partial charge on any atom is 0.271 e. The lowest BCUT2D eigenvalue weighted by Gasteiger charge is -2.46. The number of carbonyl (C=O) groups excluding carboxylic acids is 1. The summed E-state index contributed by atoms with van der Waals surface area (Å²) in [5.74, 6) is -0.752. The van der Waals surface area contributed by atoms with Crippen LogP contribution in [0.4, 0.5) is 17.1 Å². The third-order valence-corrected chi connectivity index (χ3v) is 9.06. The second-order valence-corrected chi connectivity index (χ2v) is 11.6. The van der Waals surface area contributed by atoms with Gasteiger partial charge in [-0.15, -0.1) is 0 Å². The Morgan fingerprint density at radius 2 is 1.57 bits per heavy atom. The van der Waals surface area contributed by atoms with E-state index in [0.29, 0.717) is 27.8 Å². The summed E-state index contributed by atoms with van der Waals surface area (Å²) in [4.78, 5) is 33.4. The highest BCUT2D eigenvalue weighted by Gasteiger charge is 2.36. The van der Waals surface area contributed by atoms with Crippen LogP contribution < -0.4 is 4.90 Å². The number of non-ortho nitro benzene ring substituents is 1. The van der Waals surface area contributed by atoms with Crippen LogP contribution in [0.5, 0.6) is 5.88 Å². The van der Waals surface area contributed by atoms with Crippen molar-refractivity contribution in [2.24, 2.45) is 10.4 Å². The van der Waals surface area contributed by atoms with E-state index < -0.39 is 10.8 Å². The largest absolute Gasteiger partial charge is 0.494 e. The average Bonchev–Trinajstić information content (AvgIpc) is 3.29. The molecule has 1 aromatic heterocycles. The zero-order valence-electron chi connectivity index (χ0n) is 24.0. The predicted molar refractivity (Wildman–Crippen MR) is 165 cm³/mol. The molecule has 0 radical (unpaired) electrons. The van der Waals surface area contributed by atoms with Crippen LogP contribution in [0.25, 0.3) is 10.9 Å². The Balaban J connectivity index is 1.35. The average molecular weight is 566 g/mol. The number of rotatable bonds is 5. The van der Waals surface area contributed by atoms with Gasteiger partial charge >= 0.3 is 0 Å². The van der Waals surface area contributed by atoms with Gasteiger partial charge in [-0.05, 0) is 81.6 Å². The second kappa shape index (κ2) is 11.1. The molecule has 3 aromatic carbocycles. The van der Waals surface area contributed by atoms with Crippen LogP contribution in [0.15, 0.2) is 77.8 Å². The van der Waals surface area contributed by atoms with Crippen LogP contribution in [-0.4, -0.2) is 64.3 Å². The quantitative estimate of drug-likeness (QED) is 0.171. The first-order valence-electron chi connectivity index (χ1n) is 14.5. The number of hydrogen-bond acceptors (Lipinski definition) is 7. The summed E-state index contributed by atoms with van der Waals surface area (Å²) in [6, 6.07) is 21.8. The van der Waals surface area contributed by atoms with Crippen molar-refractivity contribution >= 4 is 39.6 Å². The molecule has 42 heavy (non-hydrogen) atoms. The molecule has 9 nitrogen and oxygen atoms in total. The third kappa shape index (κ3) is 5.16. The minimum Gasteiger partial charge on any atom is -0.494 e. The van der Waals surface area contributed by atoms with Gasteiger partial charge < -0.3 is 14.9 Å². The van der Waals surface area contributed by atoms with E-state index in [-0.39, 0.29) is 17.1 Å². The maximum atomic E-state index is 12.6. The van der Waals surface area contributed by atoms with Gasteiger partial charge in [0.25, 0.3) is 5.69 Å². The number of aromatic nitrogens is 1. The zero-order valence-corrected chi connectivity index (χ0v) is 24.0.